The van der Waals surface area contributed by atoms with Crippen LogP contribution in [0.1, 0.15) is 19.8 Å². The molecule has 3 aromatic rings. The Balaban J connectivity index is 1.56. The van der Waals surface area contributed by atoms with E-state index in [1.54, 1.807) is 7.11 Å². The predicted molar refractivity (Wildman–Crippen MR) is 99.6 cm³/mol. The van der Waals surface area contributed by atoms with Gasteiger partial charge in [0.2, 0.25) is 0 Å². The van der Waals surface area contributed by atoms with Crippen LogP contribution in [0.15, 0.2) is 36.7 Å². The van der Waals surface area contributed by atoms with Crippen LogP contribution in [0.25, 0.3) is 16.6 Å². The van der Waals surface area contributed by atoms with Gasteiger partial charge < -0.3 is 18.8 Å². The van der Waals surface area contributed by atoms with Crippen molar-refractivity contribution < 1.29 is 9.47 Å². The summed E-state index contributed by atoms with van der Waals surface area (Å²) in [6, 6.07) is 8.08. The first-order valence-electron chi connectivity index (χ1n) is 9.08. The van der Waals surface area contributed by atoms with E-state index >= 15 is 0 Å². The molecular formula is C20H25N3O2. The lowest BCUT2D eigenvalue weighted by atomic mass is 9.98. The zero-order valence-electron chi connectivity index (χ0n) is 14.9. The quantitative estimate of drug-likeness (QED) is 0.712. The van der Waals surface area contributed by atoms with Crippen LogP contribution in [0, 0.1) is 5.92 Å². The Morgan fingerprint density at radius 1 is 1.12 bits per heavy atom. The number of ether oxygens (including phenoxy) is 2. The molecule has 1 aliphatic rings. The SMILES string of the molecule is CCN1CCC(COc2cccc3c2ncc2c(OC)ccn23)CC1. The Bertz CT molecular complexity index is 866. The molecule has 0 saturated carbocycles. The van der Waals surface area contributed by atoms with Gasteiger partial charge in [-0.3, -0.25) is 0 Å². The minimum absolute atomic E-state index is 0.633. The summed E-state index contributed by atoms with van der Waals surface area (Å²) < 4.78 is 13.7. The standard InChI is InChI=1S/C20H25N3O2/c1-3-22-10-7-15(8-11-22)14-25-19-6-4-5-16-20(19)21-13-17-18(24-2)9-12-23(16)17/h4-6,9,12-13,15H,3,7-8,10-11,14H2,1-2H3. The molecule has 1 aliphatic heterocycles. The number of likely N-dealkylation sites (tertiary alicyclic amines) is 1. The number of hydrogen-bond acceptors (Lipinski definition) is 4. The molecule has 0 bridgehead atoms. The highest BCUT2D eigenvalue weighted by Crippen LogP contribution is 2.29. The second-order valence-corrected chi connectivity index (χ2v) is 6.71. The third-order valence-corrected chi connectivity index (χ3v) is 5.29. The Morgan fingerprint density at radius 3 is 2.72 bits per heavy atom. The first kappa shape index (κ1) is 16.2. The molecule has 2 aromatic heterocycles. The summed E-state index contributed by atoms with van der Waals surface area (Å²) in [5.74, 6) is 2.34. The van der Waals surface area contributed by atoms with Crippen molar-refractivity contribution in [1.82, 2.24) is 14.3 Å². The lowest BCUT2D eigenvalue weighted by Crippen LogP contribution is -2.35. The third kappa shape index (κ3) is 3.04. The fourth-order valence-corrected chi connectivity index (χ4v) is 3.69. The maximum Gasteiger partial charge on any atom is 0.147 e. The first-order valence-corrected chi connectivity index (χ1v) is 9.08. The number of nitrogens with zero attached hydrogens (tertiary/aromatic N) is 3. The molecule has 0 radical (unpaired) electrons. The molecule has 132 valence electrons. The van der Waals surface area contributed by atoms with Crippen molar-refractivity contribution in [2.75, 3.05) is 33.4 Å². The monoisotopic (exact) mass is 339 g/mol. The molecule has 25 heavy (non-hydrogen) atoms. The molecule has 5 nitrogen and oxygen atoms in total. The van der Waals surface area contributed by atoms with Gasteiger partial charge in [-0.05, 0) is 56.6 Å². The van der Waals surface area contributed by atoms with Crippen molar-refractivity contribution in [3.05, 3.63) is 36.7 Å². The van der Waals surface area contributed by atoms with E-state index in [1.165, 1.54) is 25.9 Å². The summed E-state index contributed by atoms with van der Waals surface area (Å²) in [6.07, 6.45) is 6.30. The van der Waals surface area contributed by atoms with Gasteiger partial charge in [0.15, 0.2) is 0 Å². The number of benzene rings is 1. The molecular weight excluding hydrogens is 314 g/mol. The van der Waals surface area contributed by atoms with Gasteiger partial charge in [0.05, 0.1) is 25.4 Å². The van der Waals surface area contributed by atoms with Crippen LogP contribution in [0.5, 0.6) is 11.5 Å². The van der Waals surface area contributed by atoms with E-state index in [-0.39, 0.29) is 0 Å². The van der Waals surface area contributed by atoms with Crippen LogP contribution in [0.4, 0.5) is 0 Å². The van der Waals surface area contributed by atoms with Crippen molar-refractivity contribution in [3.8, 4) is 11.5 Å². The third-order valence-electron chi connectivity index (χ3n) is 5.29. The molecule has 0 N–H and O–H groups in total. The number of para-hydroxylation sites is 1. The summed E-state index contributed by atoms with van der Waals surface area (Å²) >= 11 is 0. The normalized spacial score (nSPS) is 16.6. The van der Waals surface area contributed by atoms with Crippen LogP contribution in [-0.4, -0.2) is 47.6 Å². The Kier molecular flexibility index (Phi) is 4.49. The highest BCUT2D eigenvalue weighted by atomic mass is 16.5. The summed E-state index contributed by atoms with van der Waals surface area (Å²) in [5.41, 5.74) is 2.91. The fraction of sp³-hybridized carbons (Fsp3) is 0.450. The van der Waals surface area contributed by atoms with Crippen LogP contribution in [-0.2, 0) is 0 Å². The smallest absolute Gasteiger partial charge is 0.147 e. The number of methoxy groups -OCH3 is 1. The second-order valence-electron chi connectivity index (χ2n) is 6.71. The van der Waals surface area contributed by atoms with E-state index in [9.17, 15) is 0 Å². The van der Waals surface area contributed by atoms with Gasteiger partial charge in [0, 0.05) is 6.20 Å². The van der Waals surface area contributed by atoms with E-state index in [0.29, 0.717) is 5.92 Å². The van der Waals surface area contributed by atoms with Gasteiger partial charge in [-0.15, -0.1) is 0 Å². The summed E-state index contributed by atoms with van der Waals surface area (Å²) in [4.78, 5) is 7.15. The van der Waals surface area contributed by atoms with Crippen LogP contribution < -0.4 is 9.47 Å². The number of fused-ring (bicyclic) bond motifs is 3. The van der Waals surface area contributed by atoms with Gasteiger partial charge in [-0.2, -0.15) is 0 Å². The molecule has 0 unspecified atom stereocenters. The lowest BCUT2D eigenvalue weighted by molar-refractivity contribution is 0.146. The van der Waals surface area contributed by atoms with Gasteiger partial charge in [-0.25, -0.2) is 4.98 Å². The largest absolute Gasteiger partial charge is 0.494 e. The molecule has 0 aliphatic carbocycles. The number of aromatic nitrogens is 2. The molecule has 1 fully saturated rings. The molecule has 4 rings (SSSR count). The van der Waals surface area contributed by atoms with E-state index < -0.39 is 0 Å². The molecule has 1 aromatic carbocycles. The van der Waals surface area contributed by atoms with E-state index in [2.05, 4.69) is 27.3 Å². The van der Waals surface area contributed by atoms with E-state index in [4.69, 9.17) is 9.47 Å². The topological polar surface area (TPSA) is 39.0 Å². The Morgan fingerprint density at radius 2 is 1.96 bits per heavy atom. The highest BCUT2D eigenvalue weighted by molar-refractivity contribution is 5.85. The molecule has 5 heteroatoms. The van der Waals surface area contributed by atoms with Crippen molar-refractivity contribution in [3.63, 3.8) is 0 Å². The highest BCUT2D eigenvalue weighted by Gasteiger charge is 2.19. The van der Waals surface area contributed by atoms with Crippen molar-refractivity contribution >= 4 is 16.6 Å². The zero-order valence-corrected chi connectivity index (χ0v) is 14.9. The van der Waals surface area contributed by atoms with E-state index in [1.807, 2.05) is 30.6 Å². The zero-order chi connectivity index (χ0) is 17.2. The number of hydrogen-bond donors (Lipinski definition) is 0. The van der Waals surface area contributed by atoms with E-state index in [0.717, 1.165) is 41.2 Å². The fourth-order valence-electron chi connectivity index (χ4n) is 3.69. The van der Waals surface area contributed by atoms with Gasteiger partial charge in [0.1, 0.15) is 22.5 Å². The molecule has 0 amide bonds. The summed E-state index contributed by atoms with van der Waals surface area (Å²) in [6.45, 7) is 6.52. The first-order chi connectivity index (χ1) is 12.3. The number of piperidine rings is 1. The van der Waals surface area contributed by atoms with Gasteiger partial charge in [-0.1, -0.05) is 13.0 Å². The molecule has 0 spiro atoms. The minimum atomic E-state index is 0.633. The van der Waals surface area contributed by atoms with Gasteiger partial charge >= 0.3 is 0 Å². The molecule has 1 saturated heterocycles. The average molecular weight is 339 g/mol. The van der Waals surface area contributed by atoms with Crippen molar-refractivity contribution in [2.45, 2.75) is 19.8 Å². The van der Waals surface area contributed by atoms with Crippen LogP contribution >= 0.6 is 0 Å². The van der Waals surface area contributed by atoms with Crippen LogP contribution in [0.2, 0.25) is 0 Å². The van der Waals surface area contributed by atoms with Crippen molar-refractivity contribution in [1.29, 1.82) is 0 Å². The lowest BCUT2D eigenvalue weighted by Gasteiger charge is -2.30. The summed E-state index contributed by atoms with van der Waals surface area (Å²) in [5, 5.41) is 0. The molecule has 0 atom stereocenters. The predicted octanol–water partition coefficient (Wildman–Crippen LogP) is 3.61. The average Bonchev–Trinajstić information content (AvgIpc) is 3.10. The molecule has 3 heterocycles. The minimum Gasteiger partial charge on any atom is -0.494 e. The van der Waals surface area contributed by atoms with Crippen molar-refractivity contribution in [2.24, 2.45) is 5.92 Å². The van der Waals surface area contributed by atoms with Crippen LogP contribution in [0.3, 0.4) is 0 Å². The number of rotatable bonds is 5. The maximum absolute atomic E-state index is 6.18. The second kappa shape index (κ2) is 6.92. The van der Waals surface area contributed by atoms with Gasteiger partial charge in [0.25, 0.3) is 0 Å². The Labute approximate surface area is 148 Å². The maximum atomic E-state index is 6.18. The summed E-state index contributed by atoms with van der Waals surface area (Å²) in [7, 11) is 1.68. The Hall–Kier alpha value is -2.27.